The molecule has 0 saturated carbocycles. The summed E-state index contributed by atoms with van der Waals surface area (Å²) in [6.45, 7) is 4.85. The second-order valence-corrected chi connectivity index (χ2v) is 6.18. The van der Waals surface area contributed by atoms with Crippen LogP contribution in [0.5, 0.6) is 0 Å². The molecule has 21 heavy (non-hydrogen) atoms. The fraction of sp³-hybridized carbons (Fsp3) is 0.500. The Bertz CT molecular complexity index is 587. The Labute approximate surface area is 124 Å². The summed E-state index contributed by atoms with van der Waals surface area (Å²) < 4.78 is 0. The van der Waals surface area contributed by atoms with Crippen molar-refractivity contribution in [1.29, 1.82) is 0 Å². The van der Waals surface area contributed by atoms with E-state index in [2.05, 4.69) is 6.92 Å². The number of fused-ring (bicyclic) bond motifs is 1. The summed E-state index contributed by atoms with van der Waals surface area (Å²) in [6, 6.07) is 6.65. The zero-order chi connectivity index (χ0) is 15.1. The number of carboxylic acid groups (broad SMARTS) is 1. The number of benzene rings is 1. The van der Waals surface area contributed by atoms with E-state index < -0.39 is 12.0 Å². The molecule has 5 heteroatoms. The highest BCUT2D eigenvalue weighted by molar-refractivity contribution is 6.01. The summed E-state index contributed by atoms with van der Waals surface area (Å²) in [6.07, 6.45) is 1.36. The van der Waals surface area contributed by atoms with Crippen molar-refractivity contribution in [3.8, 4) is 0 Å². The Morgan fingerprint density at radius 3 is 2.57 bits per heavy atom. The highest BCUT2D eigenvalue weighted by Gasteiger charge is 2.42. The zero-order valence-electron chi connectivity index (χ0n) is 12.3. The number of likely N-dealkylation sites (tertiary alicyclic amines) is 1. The number of urea groups is 1. The largest absolute Gasteiger partial charge is 0.480 e. The van der Waals surface area contributed by atoms with Gasteiger partial charge >= 0.3 is 12.0 Å². The van der Waals surface area contributed by atoms with Gasteiger partial charge in [0.15, 0.2) is 0 Å². The van der Waals surface area contributed by atoms with E-state index in [4.69, 9.17) is 0 Å². The number of rotatable bonds is 1. The molecular formula is C16H20N2O3. The van der Waals surface area contributed by atoms with Gasteiger partial charge in [-0.3, -0.25) is 4.90 Å². The molecule has 0 aromatic heterocycles. The normalized spacial score (nSPS) is 27.8. The topological polar surface area (TPSA) is 60.9 Å². The van der Waals surface area contributed by atoms with E-state index in [1.165, 1.54) is 4.90 Å². The first-order valence-electron chi connectivity index (χ1n) is 7.39. The summed E-state index contributed by atoms with van der Waals surface area (Å²) in [5, 5.41) is 9.45. The van der Waals surface area contributed by atoms with Crippen LogP contribution in [0.25, 0.3) is 0 Å². The maximum absolute atomic E-state index is 12.9. The molecule has 1 fully saturated rings. The van der Waals surface area contributed by atoms with Crippen molar-refractivity contribution >= 4 is 17.7 Å². The van der Waals surface area contributed by atoms with Crippen LogP contribution >= 0.6 is 0 Å². The van der Waals surface area contributed by atoms with Crippen LogP contribution in [-0.2, 0) is 11.2 Å². The van der Waals surface area contributed by atoms with Gasteiger partial charge in [0, 0.05) is 24.7 Å². The Kier molecular flexibility index (Phi) is 3.35. The third-order valence-corrected chi connectivity index (χ3v) is 4.50. The van der Waals surface area contributed by atoms with Crippen molar-refractivity contribution in [1.82, 2.24) is 4.90 Å². The number of amides is 2. The summed E-state index contributed by atoms with van der Waals surface area (Å²) in [7, 11) is 0. The average molecular weight is 288 g/mol. The number of carbonyl (C=O) groups is 2. The lowest BCUT2D eigenvalue weighted by molar-refractivity contribution is -0.138. The maximum atomic E-state index is 12.9. The average Bonchev–Trinajstić information content (AvgIpc) is 2.98. The molecule has 0 aliphatic carbocycles. The van der Waals surface area contributed by atoms with Crippen molar-refractivity contribution in [2.24, 2.45) is 5.92 Å². The highest BCUT2D eigenvalue weighted by atomic mass is 16.4. The van der Waals surface area contributed by atoms with Crippen molar-refractivity contribution in [3.05, 3.63) is 29.8 Å². The SMILES string of the molecule is CC1CC(C)N(C(=O)N2c3ccccc3CC2C(=O)O)C1. The molecule has 1 N–H and O–H groups in total. The number of carboxylic acids is 1. The fourth-order valence-corrected chi connectivity index (χ4v) is 3.52. The Balaban J connectivity index is 1.94. The first-order chi connectivity index (χ1) is 9.99. The van der Waals surface area contributed by atoms with Crippen molar-refractivity contribution in [2.75, 3.05) is 11.4 Å². The molecule has 1 saturated heterocycles. The predicted octanol–water partition coefficient (Wildman–Crippen LogP) is 2.35. The molecule has 0 spiro atoms. The number of hydrogen-bond donors (Lipinski definition) is 1. The Morgan fingerprint density at radius 2 is 1.95 bits per heavy atom. The minimum Gasteiger partial charge on any atom is -0.480 e. The van der Waals surface area contributed by atoms with Crippen LogP contribution in [0, 0.1) is 5.92 Å². The molecule has 3 rings (SSSR count). The van der Waals surface area contributed by atoms with Crippen LogP contribution in [0.3, 0.4) is 0 Å². The van der Waals surface area contributed by atoms with Gasteiger partial charge in [-0.2, -0.15) is 0 Å². The minimum absolute atomic E-state index is 0.162. The van der Waals surface area contributed by atoms with E-state index in [-0.39, 0.29) is 12.1 Å². The number of carbonyl (C=O) groups excluding carboxylic acids is 1. The van der Waals surface area contributed by atoms with E-state index in [1.54, 1.807) is 0 Å². The van der Waals surface area contributed by atoms with Gasteiger partial charge < -0.3 is 10.0 Å². The lowest BCUT2D eigenvalue weighted by Gasteiger charge is -2.30. The molecule has 3 atom stereocenters. The van der Waals surface area contributed by atoms with Crippen molar-refractivity contribution in [2.45, 2.75) is 38.8 Å². The molecule has 1 aromatic rings. The number of para-hydroxylation sites is 1. The molecule has 2 amide bonds. The molecule has 0 bridgehead atoms. The molecule has 2 heterocycles. The van der Waals surface area contributed by atoms with Crippen molar-refractivity contribution < 1.29 is 14.7 Å². The van der Waals surface area contributed by atoms with Crippen LogP contribution in [0.15, 0.2) is 24.3 Å². The lowest BCUT2D eigenvalue weighted by Crippen LogP contribution is -2.50. The second-order valence-electron chi connectivity index (χ2n) is 6.18. The van der Waals surface area contributed by atoms with Gasteiger partial charge in [-0.1, -0.05) is 25.1 Å². The molecule has 2 aliphatic heterocycles. The third-order valence-electron chi connectivity index (χ3n) is 4.50. The standard InChI is InChI=1S/C16H20N2O3/c1-10-7-11(2)17(9-10)16(21)18-13-6-4-3-5-12(13)8-14(18)15(19)20/h3-6,10-11,14H,7-9H2,1-2H3,(H,19,20). The maximum Gasteiger partial charge on any atom is 0.327 e. The molecule has 112 valence electrons. The number of aliphatic carboxylic acids is 1. The summed E-state index contributed by atoms with van der Waals surface area (Å²) in [5.41, 5.74) is 1.67. The van der Waals surface area contributed by atoms with E-state index in [1.807, 2.05) is 36.1 Å². The lowest BCUT2D eigenvalue weighted by atomic mass is 10.1. The molecule has 2 aliphatic rings. The number of hydrogen-bond acceptors (Lipinski definition) is 2. The van der Waals surface area contributed by atoms with Gasteiger partial charge in [0.1, 0.15) is 6.04 Å². The number of nitrogens with zero attached hydrogens (tertiary/aromatic N) is 2. The van der Waals surface area contributed by atoms with Crippen LogP contribution in [0.2, 0.25) is 0 Å². The second kappa shape index (κ2) is 5.06. The van der Waals surface area contributed by atoms with E-state index >= 15 is 0 Å². The van der Waals surface area contributed by atoms with Gasteiger partial charge in [-0.25, -0.2) is 9.59 Å². The zero-order valence-corrected chi connectivity index (χ0v) is 12.3. The van der Waals surface area contributed by atoms with Gasteiger partial charge in [0.2, 0.25) is 0 Å². The molecule has 5 nitrogen and oxygen atoms in total. The van der Waals surface area contributed by atoms with E-state index in [9.17, 15) is 14.7 Å². The first kappa shape index (κ1) is 13.9. The van der Waals surface area contributed by atoms with Crippen LogP contribution in [0.4, 0.5) is 10.5 Å². The quantitative estimate of drug-likeness (QED) is 0.863. The van der Waals surface area contributed by atoms with Gasteiger partial charge in [0.05, 0.1) is 0 Å². The molecule has 0 radical (unpaired) electrons. The summed E-state index contributed by atoms with van der Waals surface area (Å²) in [4.78, 5) is 27.7. The first-order valence-corrected chi connectivity index (χ1v) is 7.39. The van der Waals surface area contributed by atoms with Crippen LogP contribution < -0.4 is 4.90 Å². The fourth-order valence-electron chi connectivity index (χ4n) is 3.52. The van der Waals surface area contributed by atoms with Gasteiger partial charge in [-0.15, -0.1) is 0 Å². The Morgan fingerprint density at radius 1 is 1.24 bits per heavy atom. The summed E-state index contributed by atoms with van der Waals surface area (Å²) in [5.74, 6) is -0.482. The van der Waals surface area contributed by atoms with E-state index in [0.717, 1.165) is 17.7 Å². The van der Waals surface area contributed by atoms with Crippen molar-refractivity contribution in [3.63, 3.8) is 0 Å². The molecule has 1 aromatic carbocycles. The highest BCUT2D eigenvalue weighted by Crippen LogP contribution is 2.35. The van der Waals surface area contributed by atoms with Crippen LogP contribution in [-0.4, -0.2) is 40.6 Å². The summed E-state index contributed by atoms with van der Waals surface area (Å²) >= 11 is 0. The minimum atomic E-state index is -0.945. The van der Waals surface area contributed by atoms with Crippen LogP contribution in [0.1, 0.15) is 25.8 Å². The monoisotopic (exact) mass is 288 g/mol. The predicted molar refractivity (Wildman–Crippen MR) is 79.4 cm³/mol. The van der Waals surface area contributed by atoms with E-state index in [0.29, 0.717) is 18.9 Å². The van der Waals surface area contributed by atoms with Gasteiger partial charge in [0.25, 0.3) is 0 Å². The number of anilines is 1. The molecular weight excluding hydrogens is 268 g/mol. The third kappa shape index (κ3) is 2.26. The smallest absolute Gasteiger partial charge is 0.327 e. The van der Waals surface area contributed by atoms with Gasteiger partial charge in [-0.05, 0) is 30.9 Å². The Hall–Kier alpha value is -2.04. The molecule has 3 unspecified atom stereocenters.